The summed E-state index contributed by atoms with van der Waals surface area (Å²) in [4.78, 5) is 68.0. The van der Waals surface area contributed by atoms with Gasteiger partial charge >= 0.3 is 17.9 Å². The Morgan fingerprint density at radius 2 is 0.789 bits per heavy atom. The standard InChI is InChI=1S/C36H67N7O14/c37-31-1-5-43(6-2-31)33(45)3-15-52-17-19-54-21-23-56-25-26-57-24-22-55-20-18-53-16-4-38-32(44)27-39-7-9-40(28-34(46)47)11-13-42(30-36(50)51)14-12-41(10-8-39)29-35(48)49/h31H,1-30,37H2,(H,38,44)(H,46,47)(H,48,49)(H,50,51). The van der Waals surface area contributed by atoms with E-state index in [1.165, 1.54) is 0 Å². The van der Waals surface area contributed by atoms with Crippen LogP contribution in [0.1, 0.15) is 19.3 Å². The molecule has 21 heteroatoms. The molecule has 0 unspecified atom stereocenters. The predicted molar refractivity (Wildman–Crippen MR) is 205 cm³/mol. The molecule has 0 saturated carbocycles. The molecule has 6 N–H and O–H groups in total. The second kappa shape index (κ2) is 31.8. The summed E-state index contributed by atoms with van der Waals surface area (Å²) in [6, 6.07) is 0.198. The van der Waals surface area contributed by atoms with Gasteiger partial charge in [0.2, 0.25) is 11.8 Å². The van der Waals surface area contributed by atoms with Gasteiger partial charge in [0, 0.05) is 78.0 Å². The number of amides is 2. The predicted octanol–water partition coefficient (Wildman–Crippen LogP) is -2.98. The number of likely N-dealkylation sites (tertiary alicyclic amines) is 1. The number of carboxylic acid groups (broad SMARTS) is 3. The molecule has 2 rings (SSSR count). The van der Waals surface area contributed by atoms with Crippen LogP contribution in [0.3, 0.4) is 0 Å². The lowest BCUT2D eigenvalue weighted by molar-refractivity contribution is -0.140. The van der Waals surface area contributed by atoms with Crippen molar-refractivity contribution >= 4 is 29.7 Å². The summed E-state index contributed by atoms with van der Waals surface area (Å²) in [7, 11) is 0. The number of ether oxygens (including phenoxy) is 6. The maximum atomic E-state index is 12.7. The number of carbonyl (C=O) groups is 5. The molecule has 0 aromatic heterocycles. The summed E-state index contributed by atoms with van der Waals surface area (Å²) in [5, 5.41) is 30.9. The highest BCUT2D eigenvalue weighted by molar-refractivity contribution is 5.78. The van der Waals surface area contributed by atoms with Crippen molar-refractivity contribution in [1.82, 2.24) is 29.8 Å². The van der Waals surface area contributed by atoms with E-state index in [4.69, 9.17) is 34.2 Å². The van der Waals surface area contributed by atoms with Gasteiger partial charge in [-0.3, -0.25) is 43.6 Å². The number of nitrogens with zero attached hydrogens (tertiary/aromatic N) is 5. The van der Waals surface area contributed by atoms with Gasteiger partial charge in [0.05, 0.1) is 112 Å². The van der Waals surface area contributed by atoms with Crippen molar-refractivity contribution in [2.45, 2.75) is 25.3 Å². The highest BCUT2D eigenvalue weighted by atomic mass is 16.6. The Morgan fingerprint density at radius 1 is 0.474 bits per heavy atom. The Balaban J connectivity index is 1.46. The number of piperidine rings is 1. The number of hydrogen-bond acceptors (Lipinski definition) is 16. The van der Waals surface area contributed by atoms with Crippen LogP contribution in [0, 0.1) is 0 Å². The highest BCUT2D eigenvalue weighted by Crippen LogP contribution is 2.09. The topological polar surface area (TPSA) is 256 Å². The van der Waals surface area contributed by atoms with Crippen molar-refractivity contribution in [1.29, 1.82) is 0 Å². The van der Waals surface area contributed by atoms with Crippen LogP contribution in [0.25, 0.3) is 0 Å². The van der Waals surface area contributed by atoms with Gasteiger partial charge < -0.3 is 59.7 Å². The molecule has 2 aliphatic rings. The van der Waals surface area contributed by atoms with Gasteiger partial charge in [-0.05, 0) is 12.8 Å². The number of carbonyl (C=O) groups excluding carboxylic acids is 2. The number of nitrogens with one attached hydrogen (secondary N) is 1. The number of nitrogens with two attached hydrogens (primary N) is 1. The molecule has 2 fully saturated rings. The smallest absolute Gasteiger partial charge is 0.317 e. The molecule has 0 radical (unpaired) electrons. The third kappa shape index (κ3) is 27.3. The summed E-state index contributed by atoms with van der Waals surface area (Å²) in [5.41, 5.74) is 5.88. The van der Waals surface area contributed by atoms with Crippen LogP contribution in [0.5, 0.6) is 0 Å². The minimum absolute atomic E-state index is 0.0333. The van der Waals surface area contributed by atoms with E-state index in [2.05, 4.69) is 5.32 Å². The van der Waals surface area contributed by atoms with Gasteiger partial charge in [0.1, 0.15) is 0 Å². The number of rotatable bonds is 29. The Kier molecular flexibility index (Phi) is 28.0. The molecular formula is C36H67N7O14. The fourth-order valence-corrected chi connectivity index (χ4v) is 5.97. The van der Waals surface area contributed by atoms with Crippen LogP contribution >= 0.6 is 0 Å². The first-order chi connectivity index (χ1) is 27.5. The van der Waals surface area contributed by atoms with E-state index in [0.29, 0.717) is 131 Å². The minimum Gasteiger partial charge on any atom is -0.480 e. The zero-order chi connectivity index (χ0) is 41.5. The second-order valence-electron chi connectivity index (χ2n) is 13.8. The van der Waals surface area contributed by atoms with Crippen molar-refractivity contribution < 1.29 is 67.7 Å². The van der Waals surface area contributed by atoms with Crippen molar-refractivity contribution in [2.24, 2.45) is 5.73 Å². The average molecular weight is 822 g/mol. The lowest BCUT2D eigenvalue weighted by atomic mass is 10.1. The Labute approximate surface area is 335 Å². The first-order valence-electron chi connectivity index (χ1n) is 19.8. The Bertz CT molecular complexity index is 1100. The summed E-state index contributed by atoms with van der Waals surface area (Å²) in [5.74, 6) is -3.18. The van der Waals surface area contributed by atoms with Crippen molar-refractivity contribution in [3.8, 4) is 0 Å². The molecular weight excluding hydrogens is 754 g/mol. The third-order valence-electron chi connectivity index (χ3n) is 9.15. The van der Waals surface area contributed by atoms with Crippen LogP contribution in [0.4, 0.5) is 0 Å². The summed E-state index contributed by atoms with van der Waals surface area (Å²) in [6.45, 7) is 8.37. The molecule has 330 valence electrons. The van der Waals surface area contributed by atoms with E-state index in [-0.39, 0.29) is 57.2 Å². The number of hydrogen-bond donors (Lipinski definition) is 5. The first kappa shape index (κ1) is 50.1. The Hall–Kier alpha value is -3.09. The molecule has 2 amide bonds. The maximum absolute atomic E-state index is 12.7. The van der Waals surface area contributed by atoms with Crippen LogP contribution < -0.4 is 11.1 Å². The fraction of sp³-hybridized carbons (Fsp3) is 0.861. The molecule has 57 heavy (non-hydrogen) atoms. The normalized spacial score (nSPS) is 17.5. The van der Waals surface area contributed by atoms with Gasteiger partial charge in [-0.25, -0.2) is 0 Å². The molecule has 2 saturated heterocycles. The molecule has 2 heterocycles. The first-order valence-corrected chi connectivity index (χ1v) is 19.8. The van der Waals surface area contributed by atoms with Gasteiger partial charge in [-0.15, -0.1) is 0 Å². The Morgan fingerprint density at radius 3 is 1.14 bits per heavy atom. The monoisotopic (exact) mass is 821 g/mol. The zero-order valence-electron chi connectivity index (χ0n) is 33.4. The van der Waals surface area contributed by atoms with Gasteiger partial charge in [-0.2, -0.15) is 0 Å². The van der Waals surface area contributed by atoms with E-state index in [1.807, 2.05) is 9.80 Å². The summed E-state index contributed by atoms with van der Waals surface area (Å²) < 4.78 is 33.0. The summed E-state index contributed by atoms with van der Waals surface area (Å²) >= 11 is 0. The highest BCUT2D eigenvalue weighted by Gasteiger charge is 2.22. The van der Waals surface area contributed by atoms with Crippen LogP contribution in [0.15, 0.2) is 0 Å². The van der Waals surface area contributed by atoms with Gasteiger partial charge in [0.25, 0.3) is 0 Å². The van der Waals surface area contributed by atoms with Crippen LogP contribution in [-0.2, 0) is 52.4 Å². The maximum Gasteiger partial charge on any atom is 0.317 e. The van der Waals surface area contributed by atoms with E-state index in [9.17, 15) is 39.3 Å². The van der Waals surface area contributed by atoms with Crippen molar-refractivity contribution in [3.05, 3.63) is 0 Å². The molecule has 0 atom stereocenters. The quantitative estimate of drug-likeness (QED) is 0.0472. The second-order valence-corrected chi connectivity index (χ2v) is 13.8. The lowest BCUT2D eigenvalue weighted by Gasteiger charge is -2.32. The van der Waals surface area contributed by atoms with E-state index >= 15 is 0 Å². The van der Waals surface area contributed by atoms with E-state index < -0.39 is 17.9 Å². The van der Waals surface area contributed by atoms with Crippen molar-refractivity contribution in [2.75, 3.05) is 177 Å². The zero-order valence-corrected chi connectivity index (χ0v) is 33.4. The van der Waals surface area contributed by atoms with Crippen molar-refractivity contribution in [3.63, 3.8) is 0 Å². The molecule has 0 aromatic carbocycles. The largest absolute Gasteiger partial charge is 0.480 e. The van der Waals surface area contributed by atoms with Crippen LogP contribution in [-0.4, -0.2) is 253 Å². The molecule has 2 aliphatic heterocycles. The number of carboxylic acids is 3. The molecule has 0 aliphatic carbocycles. The summed E-state index contributed by atoms with van der Waals surface area (Å²) in [6.07, 6.45) is 2.07. The minimum atomic E-state index is -1.02. The molecule has 21 nitrogen and oxygen atoms in total. The van der Waals surface area contributed by atoms with E-state index in [0.717, 1.165) is 25.9 Å². The third-order valence-corrected chi connectivity index (χ3v) is 9.15. The fourth-order valence-electron chi connectivity index (χ4n) is 5.97. The van der Waals surface area contributed by atoms with E-state index in [1.54, 1.807) is 14.7 Å². The SMILES string of the molecule is NC1CCN(C(=O)CCOCCOCCOCCOCCOCCOCCNC(=O)CN2CCN(CC(=O)O)CCN(CC(=O)O)CCN(CC(=O)O)CC2)CC1. The molecule has 0 spiro atoms. The molecule has 0 aromatic rings. The van der Waals surface area contributed by atoms with Crippen LogP contribution in [0.2, 0.25) is 0 Å². The average Bonchev–Trinajstić information content (AvgIpc) is 3.16. The number of aliphatic carboxylic acids is 3. The molecule has 0 bridgehead atoms. The van der Waals surface area contributed by atoms with Gasteiger partial charge in [-0.1, -0.05) is 0 Å². The van der Waals surface area contributed by atoms with Gasteiger partial charge in [0.15, 0.2) is 0 Å². The lowest BCUT2D eigenvalue weighted by Crippen LogP contribution is -2.50.